The number of aryl methyl sites for hydroxylation is 2. The van der Waals surface area contributed by atoms with Crippen LogP contribution in [0.5, 0.6) is 0 Å². The lowest BCUT2D eigenvalue weighted by Gasteiger charge is -2.08. The lowest BCUT2D eigenvalue weighted by molar-refractivity contribution is -0.138. The van der Waals surface area contributed by atoms with Gasteiger partial charge in [-0.25, -0.2) is 0 Å². The maximum atomic E-state index is 11.1. The standard InChI is InChI=1S/C11H14N2O2/c1-13-10(6-2-3-6)9-7(11(14)15)4-5-8(9)12-13/h6-7H,2-5H2,1H3,(H,14,15). The fourth-order valence-corrected chi connectivity index (χ4v) is 2.69. The molecule has 1 saturated carbocycles. The van der Waals surface area contributed by atoms with E-state index in [2.05, 4.69) is 5.10 Å². The molecule has 1 atom stereocenters. The van der Waals surface area contributed by atoms with E-state index in [4.69, 9.17) is 5.11 Å². The Morgan fingerprint density at radius 2 is 2.20 bits per heavy atom. The molecule has 0 bridgehead atoms. The highest BCUT2D eigenvalue weighted by molar-refractivity contribution is 5.78. The maximum Gasteiger partial charge on any atom is 0.311 e. The minimum atomic E-state index is -0.691. The summed E-state index contributed by atoms with van der Waals surface area (Å²) in [6, 6.07) is 0. The lowest BCUT2D eigenvalue weighted by Crippen LogP contribution is -2.10. The molecule has 2 aliphatic rings. The van der Waals surface area contributed by atoms with Gasteiger partial charge in [-0.15, -0.1) is 0 Å². The summed E-state index contributed by atoms with van der Waals surface area (Å²) in [7, 11) is 1.94. The number of nitrogens with zero attached hydrogens (tertiary/aromatic N) is 2. The van der Waals surface area contributed by atoms with E-state index in [1.54, 1.807) is 0 Å². The van der Waals surface area contributed by atoms with Crippen molar-refractivity contribution in [3.8, 4) is 0 Å². The van der Waals surface area contributed by atoms with Gasteiger partial charge in [0.05, 0.1) is 11.6 Å². The molecule has 80 valence electrons. The maximum absolute atomic E-state index is 11.1. The van der Waals surface area contributed by atoms with E-state index < -0.39 is 5.97 Å². The molecule has 0 aliphatic heterocycles. The summed E-state index contributed by atoms with van der Waals surface area (Å²) in [5.41, 5.74) is 3.24. The number of aromatic nitrogens is 2. The summed E-state index contributed by atoms with van der Waals surface area (Å²) in [5, 5.41) is 13.6. The predicted octanol–water partition coefficient (Wildman–Crippen LogP) is 1.41. The molecule has 1 unspecified atom stereocenters. The largest absolute Gasteiger partial charge is 0.481 e. The van der Waals surface area contributed by atoms with E-state index in [0.717, 1.165) is 24.1 Å². The summed E-state index contributed by atoms with van der Waals surface area (Å²) >= 11 is 0. The molecule has 1 aromatic rings. The van der Waals surface area contributed by atoms with Gasteiger partial charge in [-0.3, -0.25) is 9.48 Å². The van der Waals surface area contributed by atoms with Crippen molar-refractivity contribution in [3.05, 3.63) is 17.0 Å². The van der Waals surface area contributed by atoms with Crippen molar-refractivity contribution in [1.29, 1.82) is 0 Å². The molecule has 0 spiro atoms. The lowest BCUT2D eigenvalue weighted by atomic mass is 10.00. The first-order valence-corrected chi connectivity index (χ1v) is 5.47. The quantitative estimate of drug-likeness (QED) is 0.796. The van der Waals surface area contributed by atoms with E-state index in [-0.39, 0.29) is 5.92 Å². The Balaban J connectivity index is 2.11. The zero-order valence-corrected chi connectivity index (χ0v) is 8.73. The van der Waals surface area contributed by atoms with Gasteiger partial charge >= 0.3 is 5.97 Å². The van der Waals surface area contributed by atoms with Crippen LogP contribution < -0.4 is 0 Å². The Labute approximate surface area is 87.9 Å². The van der Waals surface area contributed by atoms with E-state index in [9.17, 15) is 4.79 Å². The van der Waals surface area contributed by atoms with Gasteiger partial charge in [-0.2, -0.15) is 5.10 Å². The predicted molar refractivity (Wildman–Crippen MR) is 53.9 cm³/mol. The molecular formula is C11H14N2O2. The molecule has 0 radical (unpaired) electrons. The molecule has 4 nitrogen and oxygen atoms in total. The van der Waals surface area contributed by atoms with Crippen LogP contribution in [-0.4, -0.2) is 20.9 Å². The van der Waals surface area contributed by atoms with Crippen molar-refractivity contribution in [1.82, 2.24) is 9.78 Å². The summed E-state index contributed by atoms with van der Waals surface area (Å²) < 4.78 is 1.90. The highest BCUT2D eigenvalue weighted by atomic mass is 16.4. The van der Waals surface area contributed by atoms with Crippen LogP contribution in [0.1, 0.15) is 48.0 Å². The zero-order chi connectivity index (χ0) is 10.6. The molecule has 0 amide bonds. The van der Waals surface area contributed by atoms with Crippen molar-refractivity contribution in [2.24, 2.45) is 7.05 Å². The van der Waals surface area contributed by atoms with Gasteiger partial charge in [0.15, 0.2) is 0 Å². The summed E-state index contributed by atoms with van der Waals surface area (Å²) in [6.45, 7) is 0. The third-order valence-corrected chi connectivity index (χ3v) is 3.49. The molecule has 3 rings (SSSR count). The highest BCUT2D eigenvalue weighted by Gasteiger charge is 2.39. The smallest absolute Gasteiger partial charge is 0.311 e. The first kappa shape index (κ1) is 8.95. The number of hydrogen-bond acceptors (Lipinski definition) is 2. The third-order valence-electron chi connectivity index (χ3n) is 3.49. The summed E-state index contributed by atoms with van der Waals surface area (Å²) in [5.74, 6) is -0.417. The van der Waals surface area contributed by atoms with Gasteiger partial charge in [0, 0.05) is 24.2 Å². The topological polar surface area (TPSA) is 55.1 Å². The number of carbonyl (C=O) groups is 1. The molecule has 2 aliphatic carbocycles. The van der Waals surface area contributed by atoms with Gasteiger partial charge in [0.1, 0.15) is 0 Å². The van der Waals surface area contributed by atoms with E-state index >= 15 is 0 Å². The van der Waals surface area contributed by atoms with Crippen LogP contribution in [0.25, 0.3) is 0 Å². The second-order valence-corrected chi connectivity index (χ2v) is 4.57. The van der Waals surface area contributed by atoms with Crippen LogP contribution in [0.2, 0.25) is 0 Å². The highest BCUT2D eigenvalue weighted by Crippen LogP contribution is 2.47. The van der Waals surface area contributed by atoms with Crippen LogP contribution in [0.3, 0.4) is 0 Å². The van der Waals surface area contributed by atoms with Gasteiger partial charge in [-0.1, -0.05) is 0 Å². The SMILES string of the molecule is Cn1nc2c(c1C1CC1)C(C(=O)O)CC2. The average Bonchev–Trinajstić information content (AvgIpc) is 2.81. The van der Waals surface area contributed by atoms with Gasteiger partial charge in [0.25, 0.3) is 0 Å². The first-order valence-electron chi connectivity index (χ1n) is 5.47. The molecule has 1 aromatic heterocycles. The molecule has 0 saturated heterocycles. The first-order chi connectivity index (χ1) is 7.18. The Morgan fingerprint density at radius 1 is 1.47 bits per heavy atom. The molecular weight excluding hydrogens is 192 g/mol. The molecule has 0 aromatic carbocycles. The van der Waals surface area contributed by atoms with Crippen LogP contribution >= 0.6 is 0 Å². The van der Waals surface area contributed by atoms with Crippen molar-refractivity contribution in [3.63, 3.8) is 0 Å². The van der Waals surface area contributed by atoms with Gasteiger partial charge in [-0.05, 0) is 25.7 Å². The summed E-state index contributed by atoms with van der Waals surface area (Å²) in [6.07, 6.45) is 3.94. The number of carboxylic acid groups (broad SMARTS) is 1. The van der Waals surface area contributed by atoms with Crippen LogP contribution in [0.4, 0.5) is 0 Å². The molecule has 4 heteroatoms. The summed E-state index contributed by atoms with van der Waals surface area (Å²) in [4.78, 5) is 11.1. The minimum absolute atomic E-state index is 0.302. The fourth-order valence-electron chi connectivity index (χ4n) is 2.69. The van der Waals surface area contributed by atoms with E-state index in [1.807, 2.05) is 11.7 Å². The molecule has 1 heterocycles. The van der Waals surface area contributed by atoms with Crippen molar-refractivity contribution < 1.29 is 9.90 Å². The average molecular weight is 206 g/mol. The Bertz CT molecular complexity index is 432. The Hall–Kier alpha value is -1.32. The third kappa shape index (κ3) is 1.20. The Morgan fingerprint density at radius 3 is 2.80 bits per heavy atom. The van der Waals surface area contributed by atoms with E-state index in [1.165, 1.54) is 18.5 Å². The van der Waals surface area contributed by atoms with Crippen molar-refractivity contribution in [2.75, 3.05) is 0 Å². The van der Waals surface area contributed by atoms with Crippen LogP contribution in [0, 0.1) is 0 Å². The fraction of sp³-hybridized carbons (Fsp3) is 0.636. The van der Waals surface area contributed by atoms with Gasteiger partial charge in [0.2, 0.25) is 0 Å². The zero-order valence-electron chi connectivity index (χ0n) is 8.73. The number of fused-ring (bicyclic) bond motifs is 1. The number of hydrogen-bond donors (Lipinski definition) is 1. The van der Waals surface area contributed by atoms with Crippen molar-refractivity contribution in [2.45, 2.75) is 37.5 Å². The van der Waals surface area contributed by atoms with E-state index in [0.29, 0.717) is 5.92 Å². The van der Waals surface area contributed by atoms with Crippen LogP contribution in [0.15, 0.2) is 0 Å². The molecule has 1 fully saturated rings. The minimum Gasteiger partial charge on any atom is -0.481 e. The molecule has 1 N–H and O–H groups in total. The second kappa shape index (κ2) is 2.84. The van der Waals surface area contributed by atoms with Gasteiger partial charge < -0.3 is 5.11 Å². The normalized spacial score (nSPS) is 24.2. The number of carboxylic acids is 1. The van der Waals surface area contributed by atoms with Crippen LogP contribution in [-0.2, 0) is 18.3 Å². The second-order valence-electron chi connectivity index (χ2n) is 4.57. The Kier molecular flexibility index (Phi) is 1.69. The van der Waals surface area contributed by atoms with Crippen molar-refractivity contribution >= 4 is 5.97 Å². The molecule has 15 heavy (non-hydrogen) atoms. The number of aliphatic carboxylic acids is 1. The number of rotatable bonds is 2. The monoisotopic (exact) mass is 206 g/mol.